The first-order chi connectivity index (χ1) is 14.5. The molecule has 0 spiro atoms. The molecule has 2 amide bonds. The minimum Gasteiger partial charge on any atom is -0.442 e. The summed E-state index contributed by atoms with van der Waals surface area (Å²) >= 11 is 0. The van der Waals surface area contributed by atoms with Gasteiger partial charge in [0.25, 0.3) is 0 Å². The van der Waals surface area contributed by atoms with Crippen LogP contribution in [0.15, 0.2) is 18.2 Å². The number of hydrogen-bond acceptors (Lipinski definition) is 5. The highest BCUT2D eigenvalue weighted by molar-refractivity contribution is 5.90. The van der Waals surface area contributed by atoms with Gasteiger partial charge in [0.15, 0.2) is 0 Å². The van der Waals surface area contributed by atoms with Crippen LogP contribution < -0.4 is 15.1 Å². The molecule has 0 aromatic heterocycles. The van der Waals surface area contributed by atoms with Gasteiger partial charge in [0.05, 0.1) is 24.5 Å². The van der Waals surface area contributed by atoms with E-state index < -0.39 is 12.2 Å². The maximum absolute atomic E-state index is 15.0. The van der Waals surface area contributed by atoms with Gasteiger partial charge in [0.1, 0.15) is 18.6 Å². The molecule has 3 saturated heterocycles. The molecule has 0 radical (unpaired) electrons. The minimum absolute atomic E-state index is 0.198. The number of cyclic esters (lactones) is 1. The van der Waals surface area contributed by atoms with Crippen molar-refractivity contribution in [3.05, 3.63) is 24.0 Å². The second kappa shape index (κ2) is 8.75. The summed E-state index contributed by atoms with van der Waals surface area (Å²) in [6.07, 6.45) is 1.12. The minimum atomic E-state index is -0.549. The molecule has 7 nitrogen and oxygen atoms in total. The Balaban J connectivity index is 1.44. The lowest BCUT2D eigenvalue weighted by molar-refractivity contribution is -0.119. The van der Waals surface area contributed by atoms with Crippen molar-refractivity contribution in [3.63, 3.8) is 0 Å². The Morgan fingerprint density at radius 2 is 2.13 bits per heavy atom. The SMILES string of the molecule is CC(=O)NC[C@H]1CN(c2ccc(N3C[C@@H]4CCCN(CCF)[C@@H]4C3)c(F)c2)C(=O)O1. The summed E-state index contributed by atoms with van der Waals surface area (Å²) in [5.41, 5.74) is 0.943. The fraction of sp³-hybridized carbons (Fsp3) is 0.619. The Kier molecular flexibility index (Phi) is 6.08. The zero-order valence-corrected chi connectivity index (χ0v) is 17.2. The first kappa shape index (κ1) is 20.8. The summed E-state index contributed by atoms with van der Waals surface area (Å²) < 4.78 is 33.1. The fourth-order valence-corrected chi connectivity index (χ4v) is 4.87. The average molecular weight is 422 g/mol. The van der Waals surface area contributed by atoms with Crippen LogP contribution in [0.2, 0.25) is 0 Å². The van der Waals surface area contributed by atoms with E-state index in [1.807, 2.05) is 4.90 Å². The molecular formula is C21H28F2N4O3. The number of carbonyl (C=O) groups excluding carboxylic acids is 2. The number of amides is 2. The van der Waals surface area contributed by atoms with Gasteiger partial charge in [0.2, 0.25) is 5.91 Å². The van der Waals surface area contributed by atoms with Gasteiger partial charge >= 0.3 is 6.09 Å². The van der Waals surface area contributed by atoms with Crippen LogP contribution in [0.4, 0.5) is 25.0 Å². The third kappa shape index (κ3) is 4.21. The zero-order valence-electron chi connectivity index (χ0n) is 17.2. The first-order valence-electron chi connectivity index (χ1n) is 10.5. The highest BCUT2D eigenvalue weighted by Crippen LogP contribution is 2.35. The predicted molar refractivity (Wildman–Crippen MR) is 109 cm³/mol. The molecule has 1 N–H and O–H groups in total. The van der Waals surface area contributed by atoms with Crippen molar-refractivity contribution in [1.82, 2.24) is 10.2 Å². The van der Waals surface area contributed by atoms with Crippen molar-refractivity contribution in [2.45, 2.75) is 31.9 Å². The molecule has 0 bridgehead atoms. The van der Waals surface area contributed by atoms with E-state index in [0.717, 1.165) is 25.9 Å². The summed E-state index contributed by atoms with van der Waals surface area (Å²) in [6, 6.07) is 5.05. The Morgan fingerprint density at radius 3 is 2.87 bits per heavy atom. The van der Waals surface area contributed by atoms with Crippen LogP contribution in [0.25, 0.3) is 0 Å². The molecule has 3 heterocycles. The summed E-state index contributed by atoms with van der Waals surface area (Å²) in [7, 11) is 0. The summed E-state index contributed by atoms with van der Waals surface area (Å²) in [5, 5.41) is 2.62. The molecule has 1 aromatic rings. The Labute approximate surface area is 174 Å². The lowest BCUT2D eigenvalue weighted by Gasteiger charge is -2.36. The molecule has 1 aromatic carbocycles. The van der Waals surface area contributed by atoms with Crippen LogP contribution in [-0.4, -0.2) is 75.0 Å². The van der Waals surface area contributed by atoms with Gasteiger partial charge in [-0.05, 0) is 43.5 Å². The van der Waals surface area contributed by atoms with E-state index >= 15 is 4.39 Å². The largest absolute Gasteiger partial charge is 0.442 e. The monoisotopic (exact) mass is 422 g/mol. The molecule has 3 fully saturated rings. The summed E-state index contributed by atoms with van der Waals surface area (Å²) in [4.78, 5) is 28.8. The second-order valence-electron chi connectivity index (χ2n) is 8.29. The fourth-order valence-electron chi connectivity index (χ4n) is 4.87. The van der Waals surface area contributed by atoms with Crippen molar-refractivity contribution < 1.29 is 23.1 Å². The molecule has 164 valence electrons. The number of alkyl halides is 1. The van der Waals surface area contributed by atoms with E-state index in [1.54, 1.807) is 12.1 Å². The van der Waals surface area contributed by atoms with Gasteiger partial charge < -0.3 is 15.0 Å². The van der Waals surface area contributed by atoms with E-state index in [2.05, 4.69) is 10.2 Å². The Bertz CT molecular complexity index is 806. The van der Waals surface area contributed by atoms with E-state index in [0.29, 0.717) is 30.4 Å². The van der Waals surface area contributed by atoms with Crippen molar-refractivity contribution in [2.24, 2.45) is 5.92 Å². The van der Waals surface area contributed by atoms with Crippen molar-refractivity contribution in [3.8, 4) is 0 Å². The number of nitrogens with zero attached hydrogens (tertiary/aromatic N) is 3. The molecule has 3 aliphatic heterocycles. The van der Waals surface area contributed by atoms with Gasteiger partial charge in [-0.2, -0.15) is 0 Å². The highest BCUT2D eigenvalue weighted by atomic mass is 19.1. The zero-order chi connectivity index (χ0) is 21.3. The van der Waals surface area contributed by atoms with Gasteiger partial charge in [-0.1, -0.05) is 0 Å². The maximum Gasteiger partial charge on any atom is 0.414 e. The van der Waals surface area contributed by atoms with Crippen LogP contribution >= 0.6 is 0 Å². The van der Waals surface area contributed by atoms with Gasteiger partial charge in [-0.3, -0.25) is 14.6 Å². The standard InChI is InChI=1S/C21H28F2N4O3/c1-14(28)24-10-17-12-27(21(29)30-17)16-4-5-19(18(23)9-16)26-11-15-3-2-7-25(8-6-22)20(15)13-26/h4-5,9,15,17,20H,2-3,6-8,10-13H2,1H3,(H,24,28)/t15-,17-,20+/m0/s1. The van der Waals surface area contributed by atoms with E-state index in [1.165, 1.54) is 17.9 Å². The van der Waals surface area contributed by atoms with Crippen LogP contribution in [0, 0.1) is 11.7 Å². The lowest BCUT2D eigenvalue weighted by Crippen LogP contribution is -2.46. The quantitative estimate of drug-likeness (QED) is 0.761. The average Bonchev–Trinajstić information content (AvgIpc) is 3.30. The lowest BCUT2D eigenvalue weighted by atomic mass is 9.92. The number of piperidine rings is 1. The normalized spacial score (nSPS) is 26.6. The van der Waals surface area contributed by atoms with E-state index in [4.69, 9.17) is 4.74 Å². The molecule has 0 aliphatic carbocycles. The topological polar surface area (TPSA) is 65.1 Å². The predicted octanol–water partition coefficient (Wildman–Crippen LogP) is 2.16. The molecular weight excluding hydrogens is 394 g/mol. The molecule has 3 atom stereocenters. The second-order valence-corrected chi connectivity index (χ2v) is 8.29. The van der Waals surface area contributed by atoms with Gasteiger partial charge in [0, 0.05) is 32.6 Å². The van der Waals surface area contributed by atoms with Crippen LogP contribution in [-0.2, 0) is 9.53 Å². The first-order valence-corrected chi connectivity index (χ1v) is 10.5. The van der Waals surface area contributed by atoms with Gasteiger partial charge in [-0.15, -0.1) is 0 Å². The Hall–Kier alpha value is -2.42. The van der Waals surface area contributed by atoms with Crippen LogP contribution in [0.1, 0.15) is 19.8 Å². The third-order valence-corrected chi connectivity index (χ3v) is 6.30. The number of likely N-dealkylation sites (tertiary alicyclic amines) is 1. The Morgan fingerprint density at radius 1 is 1.30 bits per heavy atom. The van der Waals surface area contributed by atoms with Crippen molar-refractivity contribution in [2.75, 3.05) is 55.7 Å². The number of ether oxygens (including phenoxy) is 1. The van der Waals surface area contributed by atoms with E-state index in [9.17, 15) is 14.0 Å². The maximum atomic E-state index is 15.0. The number of nitrogens with one attached hydrogen (secondary N) is 1. The number of anilines is 2. The van der Waals surface area contributed by atoms with Gasteiger partial charge in [-0.25, -0.2) is 13.6 Å². The number of benzene rings is 1. The molecule has 4 rings (SSSR count). The molecule has 9 heteroatoms. The number of hydrogen-bond donors (Lipinski definition) is 1. The number of carbonyl (C=O) groups is 2. The highest BCUT2D eigenvalue weighted by Gasteiger charge is 2.40. The van der Waals surface area contributed by atoms with Crippen LogP contribution in [0.3, 0.4) is 0 Å². The summed E-state index contributed by atoms with van der Waals surface area (Å²) in [6.45, 7) is 4.30. The number of halogens is 2. The smallest absolute Gasteiger partial charge is 0.414 e. The van der Waals surface area contributed by atoms with E-state index in [-0.39, 0.29) is 37.5 Å². The van der Waals surface area contributed by atoms with Crippen LogP contribution in [0.5, 0.6) is 0 Å². The molecule has 30 heavy (non-hydrogen) atoms. The third-order valence-electron chi connectivity index (χ3n) is 6.30. The van der Waals surface area contributed by atoms with Crippen molar-refractivity contribution in [1.29, 1.82) is 0 Å². The molecule has 0 unspecified atom stereocenters. The summed E-state index contributed by atoms with van der Waals surface area (Å²) in [5.74, 6) is -0.162. The molecule has 3 aliphatic rings. The number of rotatable bonds is 6. The molecule has 0 saturated carbocycles. The number of fused-ring (bicyclic) bond motifs is 1. The van der Waals surface area contributed by atoms with Crippen molar-refractivity contribution >= 4 is 23.4 Å².